The molecule has 0 nitrogen and oxygen atoms in total. The summed E-state index contributed by atoms with van der Waals surface area (Å²) in [4.78, 5) is 0. The predicted octanol–water partition coefficient (Wildman–Crippen LogP) is 6.82. The summed E-state index contributed by atoms with van der Waals surface area (Å²) in [5, 5.41) is 0. The molecule has 0 aliphatic carbocycles. The van der Waals surface area contributed by atoms with Gasteiger partial charge < -0.3 is 0 Å². The maximum atomic E-state index is 13.4. The largest absolute Gasteiger partial charge is 0.417 e. The van der Waals surface area contributed by atoms with E-state index in [0.717, 1.165) is 24.3 Å². The third kappa shape index (κ3) is 4.44. The first kappa shape index (κ1) is 19.1. The van der Waals surface area contributed by atoms with Gasteiger partial charge in [-0.1, -0.05) is 30.4 Å². The molecule has 2 aromatic carbocycles. The highest BCUT2D eigenvalue weighted by Gasteiger charge is 2.35. The Morgan fingerprint density at radius 2 is 1.48 bits per heavy atom. The highest BCUT2D eigenvalue weighted by molar-refractivity contribution is 5.72. The highest BCUT2D eigenvalue weighted by atomic mass is 19.4. The summed E-state index contributed by atoms with van der Waals surface area (Å²) in [6, 6.07) is 6.68. The van der Waals surface area contributed by atoms with Gasteiger partial charge >= 0.3 is 12.4 Å². The first-order chi connectivity index (χ1) is 11.5. The molecule has 0 saturated heterocycles. The van der Waals surface area contributed by atoms with E-state index < -0.39 is 23.5 Å². The monoisotopic (exact) mass is 358 g/mol. The minimum Gasteiger partial charge on any atom is -0.166 e. The van der Waals surface area contributed by atoms with Gasteiger partial charge in [-0.15, -0.1) is 0 Å². The zero-order valence-corrected chi connectivity index (χ0v) is 13.6. The summed E-state index contributed by atoms with van der Waals surface area (Å²) < 4.78 is 78.6. The fourth-order valence-corrected chi connectivity index (χ4v) is 2.58. The second kappa shape index (κ2) is 6.94. The minimum absolute atomic E-state index is 0.122. The van der Waals surface area contributed by atoms with E-state index in [4.69, 9.17) is 0 Å². The summed E-state index contributed by atoms with van der Waals surface area (Å²) in [7, 11) is 0. The molecule has 0 spiro atoms. The molecule has 0 unspecified atom stereocenters. The van der Waals surface area contributed by atoms with Crippen molar-refractivity contribution in [3.8, 4) is 11.1 Å². The molecule has 2 rings (SSSR count). The van der Waals surface area contributed by atoms with E-state index in [1.807, 2.05) is 0 Å². The number of benzene rings is 2. The maximum absolute atomic E-state index is 13.4. The van der Waals surface area contributed by atoms with Crippen molar-refractivity contribution in [3.63, 3.8) is 0 Å². The van der Waals surface area contributed by atoms with Crippen LogP contribution < -0.4 is 0 Å². The van der Waals surface area contributed by atoms with Gasteiger partial charge in [0, 0.05) is 0 Å². The highest BCUT2D eigenvalue weighted by Crippen LogP contribution is 2.40. The summed E-state index contributed by atoms with van der Waals surface area (Å²) in [5.41, 5.74) is -1.09. The van der Waals surface area contributed by atoms with Crippen LogP contribution >= 0.6 is 0 Å². The number of rotatable bonds is 3. The molecule has 0 aliphatic rings. The summed E-state index contributed by atoms with van der Waals surface area (Å²) in [6.45, 7) is 3.14. The molecule has 0 aliphatic heterocycles. The number of alkyl halides is 6. The first-order valence-electron chi connectivity index (χ1n) is 7.53. The van der Waals surface area contributed by atoms with Gasteiger partial charge in [0.25, 0.3) is 0 Å². The van der Waals surface area contributed by atoms with Crippen molar-refractivity contribution < 1.29 is 26.3 Å². The van der Waals surface area contributed by atoms with Gasteiger partial charge in [-0.3, -0.25) is 0 Å². The lowest BCUT2D eigenvalue weighted by atomic mass is 9.92. The Balaban J connectivity index is 2.58. The van der Waals surface area contributed by atoms with Crippen molar-refractivity contribution in [3.05, 3.63) is 70.8 Å². The summed E-state index contributed by atoms with van der Waals surface area (Å²) in [6.07, 6.45) is -5.31. The van der Waals surface area contributed by atoms with Crippen molar-refractivity contribution >= 4 is 0 Å². The van der Waals surface area contributed by atoms with Crippen LogP contribution in [-0.2, 0) is 18.8 Å². The van der Waals surface area contributed by atoms with E-state index in [2.05, 4.69) is 0 Å². The summed E-state index contributed by atoms with van der Waals surface area (Å²) >= 11 is 0. The van der Waals surface area contributed by atoms with Crippen LogP contribution in [0.1, 0.15) is 29.2 Å². The fourth-order valence-electron chi connectivity index (χ4n) is 2.58. The number of hydrogen-bond donors (Lipinski definition) is 0. The van der Waals surface area contributed by atoms with Gasteiger partial charge in [0.05, 0.1) is 11.1 Å². The number of aryl methyl sites for hydroxylation is 1. The first-order valence-corrected chi connectivity index (χ1v) is 7.53. The van der Waals surface area contributed by atoms with Gasteiger partial charge in [0.1, 0.15) is 0 Å². The van der Waals surface area contributed by atoms with E-state index in [1.165, 1.54) is 13.0 Å². The lowest BCUT2D eigenvalue weighted by Crippen LogP contribution is -2.09. The van der Waals surface area contributed by atoms with E-state index in [9.17, 15) is 26.3 Å². The molecule has 0 aromatic heterocycles. The van der Waals surface area contributed by atoms with Crippen molar-refractivity contribution in [2.24, 2.45) is 0 Å². The maximum Gasteiger partial charge on any atom is 0.417 e. The molecule has 0 heterocycles. The van der Waals surface area contributed by atoms with Gasteiger partial charge in [-0.25, -0.2) is 0 Å². The Labute approximate surface area is 141 Å². The minimum atomic E-state index is -4.60. The quantitative estimate of drug-likeness (QED) is 0.417. The van der Waals surface area contributed by atoms with Gasteiger partial charge in [0.15, 0.2) is 0 Å². The third-order valence-electron chi connectivity index (χ3n) is 3.82. The van der Waals surface area contributed by atoms with E-state index in [1.54, 1.807) is 25.1 Å². The molecule has 0 saturated carbocycles. The predicted molar refractivity (Wildman–Crippen MR) is 85.1 cm³/mol. The van der Waals surface area contributed by atoms with Gasteiger partial charge in [-0.05, 0) is 60.7 Å². The van der Waals surface area contributed by atoms with Crippen molar-refractivity contribution in [2.45, 2.75) is 32.6 Å². The Kier molecular flexibility index (Phi) is 5.30. The van der Waals surface area contributed by atoms with Crippen LogP contribution in [0, 0.1) is 6.92 Å². The van der Waals surface area contributed by atoms with Crippen LogP contribution in [0.3, 0.4) is 0 Å². The number of allylic oxidation sites excluding steroid dienone is 2. The Morgan fingerprint density at radius 1 is 0.840 bits per heavy atom. The topological polar surface area (TPSA) is 0 Å². The molecule has 134 valence electrons. The van der Waals surface area contributed by atoms with Crippen LogP contribution in [0.15, 0.2) is 48.6 Å². The molecule has 2 aromatic rings. The fraction of sp³-hybridized carbons (Fsp3) is 0.263. The molecule has 0 atom stereocenters. The van der Waals surface area contributed by atoms with Crippen molar-refractivity contribution in [1.29, 1.82) is 0 Å². The zero-order chi connectivity index (χ0) is 18.8. The number of hydrogen-bond acceptors (Lipinski definition) is 0. The van der Waals surface area contributed by atoms with Gasteiger partial charge in [-0.2, -0.15) is 26.3 Å². The number of halogens is 6. The molecule has 0 fully saturated rings. The Bertz CT molecular complexity index is 781. The average Bonchev–Trinajstić information content (AvgIpc) is 2.51. The molecular weight excluding hydrogens is 342 g/mol. The van der Waals surface area contributed by atoms with Crippen LogP contribution in [0.25, 0.3) is 11.1 Å². The van der Waals surface area contributed by atoms with E-state index >= 15 is 0 Å². The van der Waals surface area contributed by atoms with E-state index in [-0.39, 0.29) is 16.7 Å². The standard InChI is InChI=1S/C19H16F6/c1-3-4-5-13-6-8-16(17(11-13)19(23,24)25)15-9-7-14(10-12(15)2)18(20,21)22/h3-4,6-11H,5H2,1-2H3/b4-3-. The average molecular weight is 358 g/mol. The second-order valence-corrected chi connectivity index (χ2v) is 5.68. The van der Waals surface area contributed by atoms with Crippen molar-refractivity contribution in [2.75, 3.05) is 0 Å². The van der Waals surface area contributed by atoms with Crippen LogP contribution in [-0.4, -0.2) is 0 Å². The van der Waals surface area contributed by atoms with E-state index in [0.29, 0.717) is 12.0 Å². The molecule has 25 heavy (non-hydrogen) atoms. The molecule has 6 heteroatoms. The smallest absolute Gasteiger partial charge is 0.166 e. The SMILES string of the molecule is C/C=C\Cc1ccc(-c2ccc(C(F)(F)F)cc2C)c(C(F)(F)F)c1. The normalized spacial score (nSPS) is 12.8. The van der Waals surface area contributed by atoms with Crippen LogP contribution in [0.2, 0.25) is 0 Å². The Hall–Kier alpha value is -2.24. The van der Waals surface area contributed by atoms with Crippen LogP contribution in [0.5, 0.6) is 0 Å². The van der Waals surface area contributed by atoms with Gasteiger partial charge in [0.2, 0.25) is 0 Å². The zero-order valence-electron chi connectivity index (χ0n) is 13.6. The molecule has 0 amide bonds. The molecule has 0 bridgehead atoms. The second-order valence-electron chi connectivity index (χ2n) is 5.68. The molecular formula is C19H16F6. The third-order valence-corrected chi connectivity index (χ3v) is 3.82. The molecule has 0 radical (unpaired) electrons. The lowest BCUT2D eigenvalue weighted by molar-refractivity contribution is -0.138. The van der Waals surface area contributed by atoms with Crippen molar-refractivity contribution in [1.82, 2.24) is 0 Å². The van der Waals surface area contributed by atoms with Crippen LogP contribution in [0.4, 0.5) is 26.3 Å². The summed E-state index contributed by atoms with van der Waals surface area (Å²) in [5.74, 6) is 0. The molecule has 0 N–H and O–H groups in total. The lowest BCUT2D eigenvalue weighted by Gasteiger charge is -2.17. The Morgan fingerprint density at radius 3 is 2.00 bits per heavy atom.